The van der Waals surface area contributed by atoms with Gasteiger partial charge in [-0.25, -0.2) is 13.4 Å². The number of halogens is 1. The van der Waals surface area contributed by atoms with Gasteiger partial charge in [0.15, 0.2) is 0 Å². The lowest BCUT2D eigenvalue weighted by Crippen LogP contribution is -2.41. The van der Waals surface area contributed by atoms with E-state index < -0.39 is 10.0 Å². The lowest BCUT2D eigenvalue weighted by molar-refractivity contribution is -0.120. The highest BCUT2D eigenvalue weighted by Crippen LogP contribution is 2.28. The number of benzene rings is 2. The number of amides is 1. The third kappa shape index (κ3) is 4.26. The third-order valence-corrected chi connectivity index (χ3v) is 7.51. The molecule has 0 unspecified atom stereocenters. The van der Waals surface area contributed by atoms with Gasteiger partial charge < -0.3 is 9.73 Å². The van der Waals surface area contributed by atoms with Gasteiger partial charge in [-0.05, 0) is 49.2 Å². The molecule has 0 saturated carbocycles. The largest absolute Gasteiger partial charge is 0.445 e. The minimum Gasteiger partial charge on any atom is -0.445 e. The van der Waals surface area contributed by atoms with Crippen LogP contribution < -0.4 is 5.32 Å². The molecule has 0 spiro atoms. The van der Waals surface area contributed by atoms with Crippen molar-refractivity contribution in [3.8, 4) is 11.5 Å². The summed E-state index contributed by atoms with van der Waals surface area (Å²) in [6.45, 7) is 0.545. The first-order valence-electron chi connectivity index (χ1n) is 9.50. The molecule has 2 aromatic carbocycles. The first-order chi connectivity index (χ1) is 14.4. The maximum Gasteiger partial charge on any atom is 0.244 e. The van der Waals surface area contributed by atoms with Crippen LogP contribution in [0.2, 0.25) is 5.02 Å². The molecule has 1 N–H and O–H groups in total. The lowest BCUT2D eigenvalue weighted by atomic mass is 9.97. The molecule has 0 atom stereocenters. The number of oxazole rings is 1. The van der Waals surface area contributed by atoms with Gasteiger partial charge >= 0.3 is 0 Å². The fourth-order valence-corrected chi connectivity index (χ4v) is 5.42. The zero-order valence-electron chi connectivity index (χ0n) is 16.0. The smallest absolute Gasteiger partial charge is 0.244 e. The molecular weight excluding hydrogens is 426 g/mol. The average Bonchev–Trinajstić information content (AvgIpc) is 3.29. The summed E-state index contributed by atoms with van der Waals surface area (Å²) >= 11 is 6.06. The molecule has 1 aliphatic rings. The number of nitrogens with zero attached hydrogens (tertiary/aromatic N) is 2. The Bertz CT molecular complexity index is 1120. The number of anilines is 1. The van der Waals surface area contributed by atoms with E-state index in [2.05, 4.69) is 10.3 Å². The van der Waals surface area contributed by atoms with E-state index in [0.717, 1.165) is 5.56 Å². The van der Waals surface area contributed by atoms with Crippen molar-refractivity contribution in [3.05, 3.63) is 66.0 Å². The number of nitrogens with one attached hydrogen (secondary N) is 1. The third-order valence-electron chi connectivity index (χ3n) is 5.11. The lowest BCUT2D eigenvalue weighted by Gasteiger charge is -2.30. The number of carbonyl (C=O) groups is 1. The minimum atomic E-state index is -3.67. The molecule has 1 saturated heterocycles. The second-order valence-corrected chi connectivity index (χ2v) is 9.33. The molecule has 3 aromatic rings. The van der Waals surface area contributed by atoms with Gasteiger partial charge in [-0.15, -0.1) is 0 Å². The molecule has 2 heterocycles. The highest BCUT2D eigenvalue weighted by atomic mass is 35.5. The monoisotopic (exact) mass is 445 g/mol. The molecular formula is C21H20ClN3O4S. The molecule has 0 aliphatic carbocycles. The van der Waals surface area contributed by atoms with E-state index in [1.54, 1.807) is 36.5 Å². The van der Waals surface area contributed by atoms with E-state index in [1.165, 1.54) is 16.6 Å². The number of piperidine rings is 1. The van der Waals surface area contributed by atoms with Gasteiger partial charge in [-0.1, -0.05) is 23.7 Å². The molecule has 1 fully saturated rings. The fraction of sp³-hybridized carbons (Fsp3) is 0.238. The van der Waals surface area contributed by atoms with Crippen LogP contribution >= 0.6 is 11.6 Å². The normalized spacial score (nSPS) is 15.8. The molecule has 1 aliphatic heterocycles. The van der Waals surface area contributed by atoms with Gasteiger partial charge in [0, 0.05) is 30.3 Å². The molecule has 7 nitrogen and oxygen atoms in total. The van der Waals surface area contributed by atoms with Crippen LogP contribution in [0.15, 0.2) is 70.3 Å². The maximum atomic E-state index is 12.8. The number of carbonyl (C=O) groups excluding carboxylic acids is 1. The number of rotatable bonds is 5. The van der Waals surface area contributed by atoms with Crippen molar-refractivity contribution < 1.29 is 17.6 Å². The van der Waals surface area contributed by atoms with E-state index in [0.29, 0.717) is 24.4 Å². The Morgan fingerprint density at radius 1 is 1.10 bits per heavy atom. The summed E-state index contributed by atoms with van der Waals surface area (Å²) in [5.41, 5.74) is 1.48. The summed E-state index contributed by atoms with van der Waals surface area (Å²) in [4.78, 5) is 16.8. The van der Waals surface area contributed by atoms with Crippen LogP contribution in [0.1, 0.15) is 12.8 Å². The zero-order valence-corrected chi connectivity index (χ0v) is 17.6. The van der Waals surface area contributed by atoms with Crippen LogP contribution in [0, 0.1) is 5.92 Å². The SMILES string of the molecule is O=C(Nc1ccc(-c2ncco2)cc1)C1CCN(S(=O)(=O)c2ccccc2Cl)CC1. The number of sulfonamides is 1. The fourth-order valence-electron chi connectivity index (χ4n) is 3.46. The van der Waals surface area contributed by atoms with E-state index >= 15 is 0 Å². The summed E-state index contributed by atoms with van der Waals surface area (Å²) in [5.74, 6) is 0.141. The van der Waals surface area contributed by atoms with E-state index in [9.17, 15) is 13.2 Å². The van der Waals surface area contributed by atoms with Gasteiger partial charge in [0.2, 0.25) is 21.8 Å². The van der Waals surface area contributed by atoms with Crippen molar-refractivity contribution >= 4 is 33.2 Å². The van der Waals surface area contributed by atoms with Crippen LogP contribution in [0.5, 0.6) is 0 Å². The van der Waals surface area contributed by atoms with Gasteiger partial charge in [-0.3, -0.25) is 4.79 Å². The van der Waals surface area contributed by atoms with E-state index in [-0.39, 0.29) is 34.8 Å². The summed E-state index contributed by atoms with van der Waals surface area (Å²) in [5, 5.41) is 3.10. The zero-order chi connectivity index (χ0) is 21.1. The number of hydrogen-bond donors (Lipinski definition) is 1. The van der Waals surface area contributed by atoms with Crippen molar-refractivity contribution in [3.63, 3.8) is 0 Å². The second-order valence-electron chi connectivity index (χ2n) is 7.01. The average molecular weight is 446 g/mol. The van der Waals surface area contributed by atoms with Crippen LogP contribution in [-0.4, -0.2) is 36.7 Å². The number of aromatic nitrogens is 1. The van der Waals surface area contributed by atoms with Gasteiger partial charge in [0.05, 0.1) is 11.2 Å². The van der Waals surface area contributed by atoms with Crippen molar-refractivity contribution in [1.82, 2.24) is 9.29 Å². The molecule has 156 valence electrons. The molecule has 4 rings (SSSR count). The van der Waals surface area contributed by atoms with Gasteiger partial charge in [0.1, 0.15) is 11.2 Å². The molecule has 1 amide bonds. The summed E-state index contributed by atoms with van der Waals surface area (Å²) in [7, 11) is -3.67. The first-order valence-corrected chi connectivity index (χ1v) is 11.3. The quantitative estimate of drug-likeness (QED) is 0.639. The van der Waals surface area contributed by atoms with Gasteiger partial charge in [0.25, 0.3) is 0 Å². The molecule has 0 bridgehead atoms. The van der Waals surface area contributed by atoms with Crippen LogP contribution in [0.4, 0.5) is 5.69 Å². The van der Waals surface area contributed by atoms with Crippen molar-refractivity contribution in [2.45, 2.75) is 17.7 Å². The summed E-state index contributed by atoms with van der Waals surface area (Å²) < 4.78 is 32.3. The Morgan fingerprint density at radius 3 is 2.43 bits per heavy atom. The minimum absolute atomic E-state index is 0.0979. The van der Waals surface area contributed by atoms with Crippen LogP contribution in [0.3, 0.4) is 0 Å². The standard InChI is InChI=1S/C21H20ClN3O4S/c22-18-3-1-2-4-19(18)30(27,28)25-12-9-15(10-13-25)20(26)24-17-7-5-16(6-8-17)21-23-11-14-29-21/h1-8,11,14-15H,9-10,12-13H2,(H,24,26). The van der Waals surface area contributed by atoms with Crippen LogP contribution in [0.25, 0.3) is 11.5 Å². The van der Waals surface area contributed by atoms with Gasteiger partial charge in [-0.2, -0.15) is 4.31 Å². The van der Waals surface area contributed by atoms with E-state index in [4.69, 9.17) is 16.0 Å². The maximum absolute atomic E-state index is 12.8. The van der Waals surface area contributed by atoms with Crippen molar-refractivity contribution in [2.24, 2.45) is 5.92 Å². The Labute approximate surface area is 179 Å². The number of hydrogen-bond acceptors (Lipinski definition) is 5. The highest BCUT2D eigenvalue weighted by Gasteiger charge is 2.33. The van der Waals surface area contributed by atoms with Crippen molar-refractivity contribution in [1.29, 1.82) is 0 Å². The molecule has 0 radical (unpaired) electrons. The second kappa shape index (κ2) is 8.59. The molecule has 1 aromatic heterocycles. The Kier molecular flexibility index (Phi) is 5.90. The molecule has 9 heteroatoms. The summed E-state index contributed by atoms with van der Waals surface area (Å²) in [6.07, 6.45) is 3.97. The Hall–Kier alpha value is -2.68. The first kappa shape index (κ1) is 20.6. The predicted molar refractivity (Wildman–Crippen MR) is 114 cm³/mol. The van der Waals surface area contributed by atoms with Crippen molar-refractivity contribution in [2.75, 3.05) is 18.4 Å². The topological polar surface area (TPSA) is 92.5 Å². The highest BCUT2D eigenvalue weighted by molar-refractivity contribution is 7.89. The predicted octanol–water partition coefficient (Wildman–Crippen LogP) is 4.03. The molecule has 30 heavy (non-hydrogen) atoms. The van der Waals surface area contributed by atoms with Crippen LogP contribution in [-0.2, 0) is 14.8 Å². The summed E-state index contributed by atoms with van der Waals surface area (Å²) in [6, 6.07) is 13.6. The van der Waals surface area contributed by atoms with E-state index in [1.807, 2.05) is 12.1 Å². The Morgan fingerprint density at radius 2 is 1.80 bits per heavy atom. The Balaban J connectivity index is 1.36.